The third-order valence-corrected chi connectivity index (χ3v) is 4.95. The summed E-state index contributed by atoms with van der Waals surface area (Å²) >= 11 is 0. The normalized spacial score (nSPS) is 14.9. The van der Waals surface area contributed by atoms with Crippen molar-refractivity contribution in [1.82, 2.24) is 15.1 Å². The first kappa shape index (κ1) is 19.2. The summed E-state index contributed by atoms with van der Waals surface area (Å²) in [7, 11) is 3.88. The molecule has 1 aliphatic heterocycles. The Morgan fingerprint density at radius 1 is 1.07 bits per heavy atom. The molecule has 5 nitrogen and oxygen atoms in total. The van der Waals surface area contributed by atoms with Gasteiger partial charge in [0.1, 0.15) is 5.82 Å². The fourth-order valence-electron chi connectivity index (χ4n) is 3.26. The number of hydrogen-bond donors (Lipinski definition) is 1. The van der Waals surface area contributed by atoms with Gasteiger partial charge >= 0.3 is 6.03 Å². The van der Waals surface area contributed by atoms with Crippen LogP contribution in [0.15, 0.2) is 48.5 Å². The van der Waals surface area contributed by atoms with Crippen LogP contribution in [0.3, 0.4) is 0 Å². The number of nitrogens with one attached hydrogen (secondary N) is 1. The quantitative estimate of drug-likeness (QED) is 0.880. The molecule has 27 heavy (non-hydrogen) atoms. The minimum Gasteiger partial charge on any atom is -0.369 e. The van der Waals surface area contributed by atoms with Crippen molar-refractivity contribution in [2.45, 2.75) is 13.1 Å². The fourth-order valence-corrected chi connectivity index (χ4v) is 3.26. The maximum Gasteiger partial charge on any atom is 0.317 e. The van der Waals surface area contributed by atoms with Gasteiger partial charge in [0.25, 0.3) is 0 Å². The van der Waals surface area contributed by atoms with Crippen LogP contribution in [0, 0.1) is 5.82 Å². The highest BCUT2D eigenvalue weighted by Crippen LogP contribution is 2.21. The van der Waals surface area contributed by atoms with E-state index in [0.717, 1.165) is 37.3 Å². The van der Waals surface area contributed by atoms with Crippen molar-refractivity contribution in [3.8, 4) is 0 Å². The second-order valence-electron chi connectivity index (χ2n) is 7.06. The number of halogens is 1. The highest BCUT2D eigenvalue weighted by Gasteiger charge is 2.17. The lowest BCUT2D eigenvalue weighted by atomic mass is 10.1. The lowest BCUT2D eigenvalue weighted by Gasteiger charge is -2.35. The van der Waals surface area contributed by atoms with Gasteiger partial charge < -0.3 is 20.0 Å². The molecule has 0 radical (unpaired) electrons. The maximum atomic E-state index is 13.0. The Balaban J connectivity index is 1.57. The van der Waals surface area contributed by atoms with Crippen LogP contribution in [0.1, 0.15) is 11.1 Å². The Labute approximate surface area is 160 Å². The van der Waals surface area contributed by atoms with E-state index in [2.05, 4.69) is 34.3 Å². The zero-order chi connectivity index (χ0) is 19.2. The van der Waals surface area contributed by atoms with Gasteiger partial charge in [-0.25, -0.2) is 9.18 Å². The molecule has 1 N–H and O–H groups in total. The summed E-state index contributed by atoms with van der Waals surface area (Å²) in [6.45, 7) is 4.99. The third kappa shape index (κ3) is 5.20. The number of nitrogens with zero attached hydrogens (tertiary/aromatic N) is 3. The van der Waals surface area contributed by atoms with Gasteiger partial charge in [-0.05, 0) is 36.4 Å². The topological polar surface area (TPSA) is 38.8 Å². The van der Waals surface area contributed by atoms with E-state index in [1.54, 1.807) is 24.1 Å². The smallest absolute Gasteiger partial charge is 0.317 e. The number of hydrogen-bond acceptors (Lipinski definition) is 3. The molecule has 1 heterocycles. The van der Waals surface area contributed by atoms with Gasteiger partial charge in [-0.1, -0.05) is 30.3 Å². The molecule has 6 heteroatoms. The van der Waals surface area contributed by atoms with Gasteiger partial charge in [-0.2, -0.15) is 0 Å². The fraction of sp³-hybridized carbons (Fsp3) is 0.381. The first-order chi connectivity index (χ1) is 13.0. The number of anilines is 1. The van der Waals surface area contributed by atoms with Crippen LogP contribution in [0.25, 0.3) is 0 Å². The van der Waals surface area contributed by atoms with E-state index in [1.807, 2.05) is 12.1 Å². The van der Waals surface area contributed by atoms with E-state index >= 15 is 0 Å². The van der Waals surface area contributed by atoms with Crippen molar-refractivity contribution in [3.63, 3.8) is 0 Å². The van der Waals surface area contributed by atoms with E-state index in [4.69, 9.17) is 0 Å². The summed E-state index contributed by atoms with van der Waals surface area (Å²) in [5.41, 5.74) is 3.20. The van der Waals surface area contributed by atoms with Crippen molar-refractivity contribution in [2.24, 2.45) is 0 Å². The molecule has 0 bridgehead atoms. The minimum absolute atomic E-state index is 0.146. The first-order valence-corrected chi connectivity index (χ1v) is 9.28. The molecular formula is C21H27FN4O. The predicted octanol–water partition coefficient (Wildman–Crippen LogP) is 2.92. The van der Waals surface area contributed by atoms with Crippen molar-refractivity contribution in [2.75, 3.05) is 45.2 Å². The molecule has 0 saturated carbocycles. The molecule has 1 saturated heterocycles. The Hall–Kier alpha value is -2.60. The minimum atomic E-state index is -0.272. The number of rotatable bonds is 5. The molecular weight excluding hydrogens is 343 g/mol. The number of benzene rings is 2. The molecule has 3 rings (SSSR count). The average molecular weight is 370 g/mol. The van der Waals surface area contributed by atoms with Gasteiger partial charge in [-0.15, -0.1) is 0 Å². The summed E-state index contributed by atoms with van der Waals surface area (Å²) in [5, 5.41) is 2.99. The monoisotopic (exact) mass is 370 g/mol. The number of carbonyl (C=O) groups excluding carboxylic acids is 1. The molecule has 2 amide bonds. The second kappa shape index (κ2) is 8.86. The lowest BCUT2D eigenvalue weighted by molar-refractivity contribution is 0.206. The summed E-state index contributed by atoms with van der Waals surface area (Å²) in [4.78, 5) is 18.7. The molecule has 2 aromatic rings. The van der Waals surface area contributed by atoms with E-state index < -0.39 is 0 Å². The lowest BCUT2D eigenvalue weighted by Crippen LogP contribution is -2.45. The highest BCUT2D eigenvalue weighted by atomic mass is 19.1. The molecule has 0 atom stereocenters. The van der Waals surface area contributed by atoms with Crippen LogP contribution in [-0.4, -0.2) is 56.1 Å². The Kier molecular flexibility index (Phi) is 6.29. The van der Waals surface area contributed by atoms with Crippen molar-refractivity contribution >= 4 is 11.7 Å². The van der Waals surface area contributed by atoms with Crippen LogP contribution in [0.5, 0.6) is 0 Å². The second-order valence-corrected chi connectivity index (χ2v) is 7.06. The number of piperazine rings is 1. The van der Waals surface area contributed by atoms with Gasteiger partial charge in [-0.3, -0.25) is 0 Å². The van der Waals surface area contributed by atoms with Gasteiger partial charge in [0.2, 0.25) is 0 Å². The number of likely N-dealkylation sites (N-methyl/N-ethyl adjacent to an activating group) is 1. The standard InChI is InChI=1S/C21H27FN4O/c1-24-11-13-26(14-12-24)20-6-4-3-5-18(20)15-23-21(27)25(2)16-17-7-9-19(22)10-8-17/h3-10H,11-16H2,1-2H3,(H,23,27). The van der Waals surface area contributed by atoms with Gasteiger partial charge in [0, 0.05) is 52.0 Å². The number of para-hydroxylation sites is 1. The third-order valence-electron chi connectivity index (χ3n) is 4.95. The number of carbonyl (C=O) groups is 1. The summed E-state index contributed by atoms with van der Waals surface area (Å²) in [6, 6.07) is 14.3. The van der Waals surface area contributed by atoms with Crippen molar-refractivity contribution in [3.05, 3.63) is 65.5 Å². The number of urea groups is 1. The molecule has 144 valence electrons. The molecule has 0 spiro atoms. The van der Waals surface area contributed by atoms with Crippen LogP contribution in [-0.2, 0) is 13.1 Å². The first-order valence-electron chi connectivity index (χ1n) is 9.28. The largest absolute Gasteiger partial charge is 0.369 e. The molecule has 0 aromatic heterocycles. The zero-order valence-electron chi connectivity index (χ0n) is 16.0. The van der Waals surface area contributed by atoms with Crippen LogP contribution in [0.4, 0.5) is 14.9 Å². The van der Waals surface area contributed by atoms with Gasteiger partial charge in [0.05, 0.1) is 0 Å². The SMILES string of the molecule is CN1CCN(c2ccccc2CNC(=O)N(C)Cc2ccc(F)cc2)CC1. The van der Waals surface area contributed by atoms with E-state index in [9.17, 15) is 9.18 Å². The summed E-state index contributed by atoms with van der Waals surface area (Å²) in [5.74, 6) is -0.272. The van der Waals surface area contributed by atoms with Crippen LogP contribution >= 0.6 is 0 Å². The average Bonchev–Trinajstić information content (AvgIpc) is 2.68. The molecule has 0 aliphatic carbocycles. The Bertz CT molecular complexity index is 757. The Morgan fingerprint density at radius 3 is 2.44 bits per heavy atom. The van der Waals surface area contributed by atoms with E-state index in [1.165, 1.54) is 17.8 Å². The molecule has 1 fully saturated rings. The number of amides is 2. The van der Waals surface area contributed by atoms with E-state index in [-0.39, 0.29) is 11.8 Å². The zero-order valence-corrected chi connectivity index (χ0v) is 16.0. The summed E-state index contributed by atoms with van der Waals surface area (Å²) < 4.78 is 13.0. The molecule has 2 aromatic carbocycles. The maximum absolute atomic E-state index is 13.0. The van der Waals surface area contributed by atoms with Crippen LogP contribution < -0.4 is 10.2 Å². The Morgan fingerprint density at radius 2 is 1.74 bits per heavy atom. The molecule has 1 aliphatic rings. The van der Waals surface area contributed by atoms with Crippen molar-refractivity contribution < 1.29 is 9.18 Å². The van der Waals surface area contributed by atoms with Gasteiger partial charge in [0.15, 0.2) is 0 Å². The highest BCUT2D eigenvalue weighted by molar-refractivity contribution is 5.74. The van der Waals surface area contributed by atoms with Crippen LogP contribution in [0.2, 0.25) is 0 Å². The predicted molar refractivity (Wildman–Crippen MR) is 106 cm³/mol. The molecule has 0 unspecified atom stereocenters. The van der Waals surface area contributed by atoms with Crippen molar-refractivity contribution in [1.29, 1.82) is 0 Å². The summed E-state index contributed by atoms with van der Waals surface area (Å²) in [6.07, 6.45) is 0. The van der Waals surface area contributed by atoms with E-state index in [0.29, 0.717) is 13.1 Å².